The van der Waals surface area contributed by atoms with Gasteiger partial charge in [0.2, 0.25) is 5.91 Å². The van der Waals surface area contributed by atoms with Crippen LogP contribution < -0.4 is 20.6 Å². The highest BCUT2D eigenvalue weighted by Gasteiger charge is 2.20. The lowest BCUT2D eigenvalue weighted by Gasteiger charge is -2.19. The number of hydrogen-bond acceptors (Lipinski definition) is 3. The van der Waals surface area contributed by atoms with Gasteiger partial charge in [0.1, 0.15) is 30.8 Å². The van der Waals surface area contributed by atoms with Gasteiger partial charge in [0.25, 0.3) is 0 Å². The van der Waals surface area contributed by atoms with Crippen LogP contribution in [0.25, 0.3) is 0 Å². The molecule has 24 heavy (non-hydrogen) atoms. The monoisotopic (exact) mass is 344 g/mol. The van der Waals surface area contributed by atoms with Crippen LogP contribution in [0.3, 0.4) is 0 Å². The van der Waals surface area contributed by atoms with Gasteiger partial charge in [0.15, 0.2) is 0 Å². The van der Waals surface area contributed by atoms with E-state index in [0.29, 0.717) is 12.6 Å². The summed E-state index contributed by atoms with van der Waals surface area (Å²) in [6.45, 7) is 7.26. The molecule has 0 radical (unpaired) electrons. The summed E-state index contributed by atoms with van der Waals surface area (Å²) in [5.74, 6) is -3.69. The second kappa shape index (κ2) is 9.94. The first-order valence-corrected chi connectivity index (χ1v) is 8.00. The number of aliphatic carboxylic acids is 1. The second-order valence-electron chi connectivity index (χ2n) is 5.53. The number of carboxylic acids is 1. The molecular weight excluding hydrogens is 320 g/mol. The maximum absolute atomic E-state index is 13.5. The summed E-state index contributed by atoms with van der Waals surface area (Å²) in [5.41, 5.74) is -0.189. The molecule has 0 aliphatic rings. The maximum Gasteiger partial charge on any atom is 0.230 e. The van der Waals surface area contributed by atoms with Crippen LogP contribution in [0.5, 0.6) is 0 Å². The Morgan fingerprint density at radius 1 is 1.29 bits per heavy atom. The fourth-order valence-corrected chi connectivity index (χ4v) is 2.35. The Bertz CT molecular complexity index is 565. The molecule has 134 valence electrons. The number of amides is 1. The number of quaternary nitrogens is 2. The van der Waals surface area contributed by atoms with Crippen LogP contribution in [0.1, 0.15) is 20.3 Å². The minimum absolute atomic E-state index is 0.189. The van der Waals surface area contributed by atoms with Gasteiger partial charge in [0, 0.05) is 6.07 Å². The highest BCUT2D eigenvalue weighted by atomic mass is 19.1. The van der Waals surface area contributed by atoms with E-state index < -0.39 is 29.6 Å². The second-order valence-corrected chi connectivity index (χ2v) is 5.53. The number of rotatable bonds is 10. The minimum Gasteiger partial charge on any atom is -0.544 e. The number of hydrogen-bond donors (Lipinski definition) is 3. The molecule has 0 aliphatic heterocycles. The molecule has 4 N–H and O–H groups in total. The summed E-state index contributed by atoms with van der Waals surface area (Å²) in [6, 6.07) is 1.69. The molecule has 0 fully saturated rings. The average molecular weight is 344 g/mol. The first-order chi connectivity index (χ1) is 11.4. The third-order valence-corrected chi connectivity index (χ3v) is 3.86. The van der Waals surface area contributed by atoms with Crippen molar-refractivity contribution >= 4 is 17.6 Å². The molecule has 0 bridgehead atoms. The Morgan fingerprint density at radius 3 is 2.50 bits per heavy atom. The maximum atomic E-state index is 13.5. The summed E-state index contributed by atoms with van der Waals surface area (Å²) in [6.07, 6.45) is -0.354. The highest BCUT2D eigenvalue weighted by Crippen LogP contribution is 2.15. The van der Waals surface area contributed by atoms with Gasteiger partial charge in [-0.3, -0.25) is 4.79 Å². The van der Waals surface area contributed by atoms with Crippen LogP contribution in [0.15, 0.2) is 18.2 Å². The first-order valence-electron chi connectivity index (χ1n) is 8.00. The van der Waals surface area contributed by atoms with Crippen molar-refractivity contribution in [1.29, 1.82) is 0 Å². The van der Waals surface area contributed by atoms with Gasteiger partial charge in [-0.15, -0.1) is 0 Å². The number of carboxylic acid groups (broad SMARTS) is 1. The molecule has 1 atom stereocenters. The number of carbonyl (C=O) groups excluding carboxylic acids is 2. The van der Waals surface area contributed by atoms with Crippen LogP contribution in [-0.2, 0) is 9.59 Å². The van der Waals surface area contributed by atoms with E-state index in [9.17, 15) is 23.5 Å². The molecule has 1 aromatic carbocycles. The van der Waals surface area contributed by atoms with Crippen molar-refractivity contribution in [3.63, 3.8) is 0 Å². The van der Waals surface area contributed by atoms with E-state index in [0.717, 1.165) is 31.8 Å². The Hall–Kier alpha value is -2.06. The molecule has 1 rings (SSSR count). The van der Waals surface area contributed by atoms with Crippen molar-refractivity contribution in [2.24, 2.45) is 0 Å². The predicted molar refractivity (Wildman–Crippen MR) is 82.1 cm³/mol. The third kappa shape index (κ3) is 6.59. The van der Waals surface area contributed by atoms with Crippen LogP contribution in [0.4, 0.5) is 14.5 Å². The van der Waals surface area contributed by atoms with Gasteiger partial charge in [-0.1, -0.05) is 0 Å². The third-order valence-electron chi connectivity index (χ3n) is 3.86. The number of halogens is 2. The molecule has 0 unspecified atom stereocenters. The van der Waals surface area contributed by atoms with Crippen LogP contribution in [0.2, 0.25) is 0 Å². The van der Waals surface area contributed by atoms with Gasteiger partial charge in [-0.25, -0.2) is 8.78 Å². The topological polar surface area (TPSA) is 90.3 Å². The van der Waals surface area contributed by atoms with Gasteiger partial charge in [-0.2, -0.15) is 0 Å². The molecular formula is C16H24F2N3O3+. The lowest BCUT2D eigenvalue weighted by atomic mass is 10.2. The quantitative estimate of drug-likeness (QED) is 0.454. The minimum atomic E-state index is -1.35. The Morgan fingerprint density at radius 2 is 1.96 bits per heavy atom. The van der Waals surface area contributed by atoms with E-state index in [-0.39, 0.29) is 12.1 Å². The van der Waals surface area contributed by atoms with Crippen molar-refractivity contribution in [3.8, 4) is 0 Å². The molecule has 0 spiro atoms. The lowest BCUT2D eigenvalue weighted by molar-refractivity contribution is -0.910. The average Bonchev–Trinajstić information content (AvgIpc) is 2.53. The van der Waals surface area contributed by atoms with Crippen LogP contribution in [0, 0.1) is 11.6 Å². The van der Waals surface area contributed by atoms with E-state index in [1.807, 2.05) is 13.8 Å². The molecule has 0 aromatic heterocycles. The van der Waals surface area contributed by atoms with Crippen LogP contribution >= 0.6 is 0 Å². The van der Waals surface area contributed by atoms with E-state index in [2.05, 4.69) is 5.32 Å². The van der Waals surface area contributed by atoms with Crippen molar-refractivity contribution in [3.05, 3.63) is 29.8 Å². The summed E-state index contributed by atoms with van der Waals surface area (Å²) in [4.78, 5) is 24.4. The predicted octanol–water partition coefficient (Wildman–Crippen LogP) is -2.10. The van der Waals surface area contributed by atoms with Gasteiger partial charge in [0.05, 0.1) is 31.2 Å². The van der Waals surface area contributed by atoms with Crippen molar-refractivity contribution in [2.45, 2.75) is 26.3 Å². The largest absolute Gasteiger partial charge is 0.544 e. The molecule has 0 saturated carbocycles. The Kier molecular flexibility index (Phi) is 8.28. The Labute approximate surface area is 139 Å². The fourth-order valence-electron chi connectivity index (χ4n) is 2.35. The van der Waals surface area contributed by atoms with Gasteiger partial charge < -0.3 is 25.4 Å². The molecule has 1 aromatic rings. The number of benzene rings is 1. The summed E-state index contributed by atoms with van der Waals surface area (Å²) in [5, 5.41) is 15.0. The number of carbonyl (C=O) groups is 2. The summed E-state index contributed by atoms with van der Waals surface area (Å²) < 4.78 is 26.3. The number of nitrogens with one attached hydrogen (secondary N) is 2. The molecule has 0 aliphatic carbocycles. The fraction of sp³-hybridized carbons (Fsp3) is 0.500. The SMILES string of the molecule is CC[NH+](CC)CC[NH2+][C@H](CC(=O)Nc1ccc(F)cc1F)C(=O)[O-]. The molecule has 8 heteroatoms. The number of nitrogens with two attached hydrogens (primary N) is 1. The zero-order valence-electron chi connectivity index (χ0n) is 13.9. The summed E-state index contributed by atoms with van der Waals surface area (Å²) in [7, 11) is 0. The van der Waals surface area contributed by atoms with Gasteiger partial charge >= 0.3 is 0 Å². The normalized spacial score (nSPS) is 12.2. The highest BCUT2D eigenvalue weighted by molar-refractivity contribution is 5.93. The molecule has 1 amide bonds. The number of anilines is 1. The van der Waals surface area contributed by atoms with Crippen molar-refractivity contribution in [1.82, 2.24) is 0 Å². The van der Waals surface area contributed by atoms with E-state index >= 15 is 0 Å². The standard InChI is InChI=1S/C16H23F2N3O3/c1-3-21(4-2)8-7-19-14(16(23)24)10-15(22)20-13-6-5-11(17)9-12(13)18/h5-6,9,14,19H,3-4,7-8,10H2,1-2H3,(H,20,22)(H,23,24)/p+1/t14-/m1/s1. The lowest BCUT2D eigenvalue weighted by Crippen LogP contribution is -3.14. The van der Waals surface area contributed by atoms with Crippen molar-refractivity contribution < 1.29 is 33.7 Å². The van der Waals surface area contributed by atoms with Gasteiger partial charge in [-0.05, 0) is 26.0 Å². The zero-order valence-corrected chi connectivity index (χ0v) is 13.9. The molecule has 0 heterocycles. The summed E-state index contributed by atoms with van der Waals surface area (Å²) >= 11 is 0. The molecule has 6 nitrogen and oxygen atoms in total. The first kappa shape index (κ1) is 20.0. The van der Waals surface area contributed by atoms with E-state index in [1.165, 1.54) is 4.90 Å². The molecule has 0 saturated heterocycles. The zero-order chi connectivity index (χ0) is 18.1. The van der Waals surface area contributed by atoms with Crippen molar-refractivity contribution in [2.75, 3.05) is 31.5 Å². The van der Waals surface area contributed by atoms with E-state index in [4.69, 9.17) is 0 Å². The number of likely N-dealkylation sites (N-methyl/N-ethyl adjacent to an activating group) is 1. The Balaban J connectivity index is 2.55. The van der Waals surface area contributed by atoms with E-state index in [1.54, 1.807) is 5.32 Å². The smallest absolute Gasteiger partial charge is 0.230 e. The van der Waals surface area contributed by atoms with Crippen LogP contribution in [-0.4, -0.2) is 44.1 Å².